The van der Waals surface area contributed by atoms with Crippen molar-refractivity contribution in [1.29, 1.82) is 0 Å². The number of benzene rings is 4. The summed E-state index contributed by atoms with van der Waals surface area (Å²) in [4.78, 5) is 26.6. The van der Waals surface area contributed by atoms with E-state index >= 15 is 0 Å². The third-order valence-electron chi connectivity index (χ3n) is 6.06. The highest BCUT2D eigenvalue weighted by Crippen LogP contribution is 2.23. The average molecular weight is 525 g/mol. The largest absolute Gasteiger partial charge is 0.497 e. The first kappa shape index (κ1) is 27.4. The Balaban J connectivity index is 1.46. The number of amides is 2. The number of rotatable bonds is 12. The fourth-order valence-electron chi connectivity index (χ4n) is 3.95. The summed E-state index contributed by atoms with van der Waals surface area (Å²) in [6.07, 6.45) is 0.658. The number of carbonyl (C=O) groups excluding carboxylic acids is 2. The molecule has 0 fully saturated rings. The van der Waals surface area contributed by atoms with Gasteiger partial charge in [0.05, 0.1) is 20.3 Å². The molecule has 0 saturated carbocycles. The highest BCUT2D eigenvalue weighted by molar-refractivity contribution is 6.02. The van der Waals surface area contributed by atoms with Gasteiger partial charge in [-0.2, -0.15) is 0 Å². The molecule has 0 spiro atoms. The van der Waals surface area contributed by atoms with Crippen molar-refractivity contribution in [3.8, 4) is 17.2 Å². The maximum absolute atomic E-state index is 13.3. The molecular weight excluding hydrogens is 492 g/mol. The lowest BCUT2D eigenvalue weighted by molar-refractivity contribution is -0.119. The van der Waals surface area contributed by atoms with E-state index in [1.54, 1.807) is 37.4 Å². The molecule has 4 aromatic rings. The van der Waals surface area contributed by atoms with Crippen molar-refractivity contribution in [2.24, 2.45) is 0 Å². The molecule has 1 unspecified atom stereocenters. The van der Waals surface area contributed by atoms with E-state index in [1.807, 2.05) is 79.7 Å². The summed E-state index contributed by atoms with van der Waals surface area (Å²) in [6.45, 7) is 2.27. The number of carbonyl (C=O) groups is 2. The zero-order chi connectivity index (χ0) is 27.5. The Morgan fingerprint density at radius 3 is 2.10 bits per heavy atom. The fraction of sp³-hybridized carbons (Fsp3) is 0.188. The molecule has 7 heteroatoms. The second-order valence-electron chi connectivity index (χ2n) is 8.83. The van der Waals surface area contributed by atoms with Crippen LogP contribution in [0.1, 0.15) is 28.4 Å². The van der Waals surface area contributed by atoms with Gasteiger partial charge in [0.2, 0.25) is 5.91 Å². The van der Waals surface area contributed by atoms with E-state index in [0.717, 1.165) is 16.9 Å². The summed E-state index contributed by atoms with van der Waals surface area (Å²) in [5, 5.41) is 5.73. The van der Waals surface area contributed by atoms with Gasteiger partial charge < -0.3 is 24.8 Å². The second-order valence-corrected chi connectivity index (χ2v) is 8.83. The van der Waals surface area contributed by atoms with Crippen molar-refractivity contribution in [2.45, 2.75) is 26.0 Å². The van der Waals surface area contributed by atoms with Crippen LogP contribution < -0.4 is 20.1 Å². The fourth-order valence-corrected chi connectivity index (χ4v) is 3.95. The van der Waals surface area contributed by atoms with Crippen molar-refractivity contribution < 1.29 is 23.8 Å². The van der Waals surface area contributed by atoms with E-state index in [1.165, 1.54) is 0 Å². The number of nitrogens with one attached hydrogen (secondary N) is 2. The summed E-state index contributed by atoms with van der Waals surface area (Å²) < 4.78 is 17.0. The number of para-hydroxylation sites is 1. The predicted molar refractivity (Wildman–Crippen MR) is 151 cm³/mol. The molecule has 2 N–H and O–H groups in total. The monoisotopic (exact) mass is 524 g/mol. The SMILES string of the molecule is CCc1ccc(OC)cc1C(=O)NC(COCc1ccccc1)C(=O)Nc1ccc(Oc2ccccc2)cc1. The zero-order valence-corrected chi connectivity index (χ0v) is 22.1. The maximum atomic E-state index is 13.3. The van der Waals surface area contributed by atoms with Crippen molar-refractivity contribution in [3.05, 3.63) is 120 Å². The average Bonchev–Trinajstić information content (AvgIpc) is 2.98. The summed E-state index contributed by atoms with van der Waals surface area (Å²) >= 11 is 0. The highest BCUT2D eigenvalue weighted by Gasteiger charge is 2.23. The molecule has 4 rings (SSSR count). The molecule has 39 heavy (non-hydrogen) atoms. The molecule has 2 amide bonds. The highest BCUT2D eigenvalue weighted by atomic mass is 16.5. The first-order valence-corrected chi connectivity index (χ1v) is 12.8. The number of ether oxygens (including phenoxy) is 3. The number of hydrogen-bond acceptors (Lipinski definition) is 5. The lowest BCUT2D eigenvalue weighted by Crippen LogP contribution is -2.47. The Morgan fingerprint density at radius 2 is 1.44 bits per heavy atom. The molecule has 0 heterocycles. The summed E-state index contributed by atoms with van der Waals surface area (Å²) in [6, 6.07) is 30.5. The van der Waals surface area contributed by atoms with Crippen LogP contribution in [0.4, 0.5) is 5.69 Å². The molecule has 0 bridgehead atoms. The van der Waals surface area contributed by atoms with Crippen molar-refractivity contribution >= 4 is 17.5 Å². The first-order valence-electron chi connectivity index (χ1n) is 12.8. The van der Waals surface area contributed by atoms with Crippen LogP contribution in [0.5, 0.6) is 17.2 Å². The van der Waals surface area contributed by atoms with E-state index in [0.29, 0.717) is 35.8 Å². The van der Waals surface area contributed by atoms with E-state index in [2.05, 4.69) is 10.6 Å². The van der Waals surface area contributed by atoms with Crippen LogP contribution in [0.3, 0.4) is 0 Å². The third-order valence-corrected chi connectivity index (χ3v) is 6.06. The first-order chi connectivity index (χ1) is 19.1. The Hall–Kier alpha value is -4.62. The second kappa shape index (κ2) is 13.8. The molecule has 0 saturated heterocycles. The normalized spacial score (nSPS) is 11.3. The lowest BCUT2D eigenvalue weighted by atomic mass is 10.0. The molecule has 200 valence electrons. The molecule has 1 atom stereocenters. The van der Waals surface area contributed by atoms with Gasteiger partial charge in [0, 0.05) is 11.3 Å². The quantitative estimate of drug-likeness (QED) is 0.237. The Bertz CT molecular complexity index is 1360. The molecule has 0 radical (unpaired) electrons. The van der Waals surface area contributed by atoms with E-state index in [9.17, 15) is 9.59 Å². The topological polar surface area (TPSA) is 85.9 Å². The van der Waals surface area contributed by atoms with E-state index in [-0.39, 0.29) is 12.5 Å². The minimum atomic E-state index is -0.933. The summed E-state index contributed by atoms with van der Waals surface area (Å²) in [5.74, 6) is 1.16. The van der Waals surface area contributed by atoms with E-state index in [4.69, 9.17) is 14.2 Å². The van der Waals surface area contributed by atoms with Gasteiger partial charge in [-0.05, 0) is 66.1 Å². The van der Waals surface area contributed by atoms with Crippen LogP contribution in [0, 0.1) is 0 Å². The molecule has 0 aliphatic rings. The van der Waals surface area contributed by atoms with Crippen LogP contribution in [0.15, 0.2) is 103 Å². The Morgan fingerprint density at radius 1 is 0.795 bits per heavy atom. The van der Waals surface area contributed by atoms with Gasteiger partial charge in [0.15, 0.2) is 0 Å². The minimum Gasteiger partial charge on any atom is -0.497 e. The van der Waals surface area contributed by atoms with Gasteiger partial charge in [-0.3, -0.25) is 9.59 Å². The van der Waals surface area contributed by atoms with Crippen LogP contribution in [0.25, 0.3) is 0 Å². The molecule has 7 nitrogen and oxygen atoms in total. The number of aryl methyl sites for hydroxylation is 1. The standard InChI is InChI=1S/C32H32N2O5/c1-3-24-14-17-28(37-2)20-29(24)31(35)34-30(22-38-21-23-10-6-4-7-11-23)32(36)33-25-15-18-27(19-16-25)39-26-12-8-5-9-13-26/h4-20,30H,3,21-22H2,1-2H3,(H,33,36)(H,34,35). The minimum absolute atomic E-state index is 0.00685. The van der Waals surface area contributed by atoms with E-state index < -0.39 is 11.9 Å². The van der Waals surface area contributed by atoms with Crippen LogP contribution in [-0.4, -0.2) is 31.6 Å². The van der Waals surface area contributed by atoms with Gasteiger partial charge in [0.25, 0.3) is 5.91 Å². The molecule has 4 aromatic carbocycles. The Labute approximate surface area is 228 Å². The van der Waals surface area contributed by atoms with Crippen LogP contribution in [-0.2, 0) is 22.6 Å². The van der Waals surface area contributed by atoms with Crippen molar-refractivity contribution in [3.63, 3.8) is 0 Å². The van der Waals surface area contributed by atoms with Crippen LogP contribution in [0.2, 0.25) is 0 Å². The third kappa shape index (κ3) is 7.93. The smallest absolute Gasteiger partial charge is 0.252 e. The zero-order valence-electron chi connectivity index (χ0n) is 22.1. The van der Waals surface area contributed by atoms with Crippen LogP contribution >= 0.6 is 0 Å². The van der Waals surface area contributed by atoms with Gasteiger partial charge in [-0.25, -0.2) is 0 Å². The predicted octanol–water partition coefficient (Wildman–Crippen LogP) is 6.00. The number of methoxy groups -OCH3 is 1. The molecule has 0 aliphatic heterocycles. The van der Waals surface area contributed by atoms with Gasteiger partial charge in [0.1, 0.15) is 23.3 Å². The number of hydrogen-bond donors (Lipinski definition) is 2. The summed E-state index contributed by atoms with van der Waals surface area (Å²) in [5.41, 5.74) is 2.85. The lowest BCUT2D eigenvalue weighted by Gasteiger charge is -2.20. The van der Waals surface area contributed by atoms with Gasteiger partial charge in [-0.1, -0.05) is 61.5 Å². The van der Waals surface area contributed by atoms with Crippen molar-refractivity contribution in [1.82, 2.24) is 5.32 Å². The molecule has 0 aliphatic carbocycles. The molecular formula is C32H32N2O5. The maximum Gasteiger partial charge on any atom is 0.252 e. The molecule has 0 aromatic heterocycles. The number of anilines is 1. The summed E-state index contributed by atoms with van der Waals surface area (Å²) in [7, 11) is 1.55. The van der Waals surface area contributed by atoms with Gasteiger partial charge >= 0.3 is 0 Å². The Kier molecular flexibility index (Phi) is 9.69. The van der Waals surface area contributed by atoms with Crippen molar-refractivity contribution in [2.75, 3.05) is 19.0 Å². The van der Waals surface area contributed by atoms with Gasteiger partial charge in [-0.15, -0.1) is 0 Å².